The second-order valence-corrected chi connectivity index (χ2v) is 1.43. The van der Waals surface area contributed by atoms with Gasteiger partial charge in [-0.3, -0.25) is 0 Å². The van der Waals surface area contributed by atoms with Crippen molar-refractivity contribution >= 4 is 51.4 Å². The van der Waals surface area contributed by atoms with Crippen molar-refractivity contribution in [1.29, 1.82) is 0 Å². The minimum Gasteiger partial charge on any atom is -0.396 e. The number of aliphatic hydroxyl groups is 1. The maximum Gasteiger partial charge on any atom is 0.0431 e. The van der Waals surface area contributed by atoms with Crippen LogP contribution in [0.4, 0.5) is 0 Å². The Labute approximate surface area is 87.9 Å². The molecule has 1 N–H and O–H groups in total. The maximum atomic E-state index is 8.20. The van der Waals surface area contributed by atoms with Crippen molar-refractivity contribution in [3.63, 3.8) is 0 Å². The molecular formula is C5H12KO. The third-order valence-electron chi connectivity index (χ3n) is 0.762. The summed E-state index contributed by atoms with van der Waals surface area (Å²) in [5, 5.41) is 8.20. The summed E-state index contributed by atoms with van der Waals surface area (Å²) in [6.45, 7) is 2.48. The Balaban J connectivity index is 0. The van der Waals surface area contributed by atoms with Crippen LogP contribution in [0, 0.1) is 0 Å². The van der Waals surface area contributed by atoms with E-state index in [4.69, 9.17) is 5.11 Å². The summed E-state index contributed by atoms with van der Waals surface area (Å²) in [7, 11) is 0. The third kappa shape index (κ3) is 11.3. The van der Waals surface area contributed by atoms with Crippen LogP contribution in [0.15, 0.2) is 0 Å². The van der Waals surface area contributed by atoms with E-state index < -0.39 is 0 Å². The Morgan fingerprint density at radius 2 is 1.86 bits per heavy atom. The minimum absolute atomic E-state index is 0. The van der Waals surface area contributed by atoms with E-state index in [1.54, 1.807) is 0 Å². The van der Waals surface area contributed by atoms with Gasteiger partial charge in [0.05, 0.1) is 0 Å². The van der Waals surface area contributed by atoms with Crippen LogP contribution in [-0.4, -0.2) is 63.1 Å². The molecule has 0 heterocycles. The predicted octanol–water partition coefficient (Wildman–Crippen LogP) is 0.788. The maximum absolute atomic E-state index is 8.20. The molecule has 0 aromatic heterocycles. The molecule has 0 aromatic carbocycles. The second-order valence-electron chi connectivity index (χ2n) is 1.43. The van der Waals surface area contributed by atoms with Crippen molar-refractivity contribution in [2.75, 3.05) is 6.61 Å². The smallest absolute Gasteiger partial charge is 0.0431 e. The monoisotopic (exact) mass is 127 g/mol. The first-order valence-electron chi connectivity index (χ1n) is 2.52. The Morgan fingerprint density at radius 3 is 2.00 bits per heavy atom. The number of rotatable bonds is 3. The van der Waals surface area contributed by atoms with Crippen LogP contribution in [0.5, 0.6) is 0 Å². The molecule has 0 saturated heterocycles. The fourth-order valence-electron chi connectivity index (χ4n) is 0.362. The SMILES string of the molecule is CCCCCO.[K]. The van der Waals surface area contributed by atoms with E-state index in [0.29, 0.717) is 6.61 Å². The number of hydrogen-bond acceptors (Lipinski definition) is 1. The Morgan fingerprint density at radius 1 is 1.29 bits per heavy atom. The van der Waals surface area contributed by atoms with E-state index >= 15 is 0 Å². The summed E-state index contributed by atoms with van der Waals surface area (Å²) in [6, 6.07) is 0. The first-order chi connectivity index (χ1) is 2.91. The number of unbranched alkanes of at least 4 members (excludes halogenated alkanes) is 2. The topological polar surface area (TPSA) is 20.2 Å². The summed E-state index contributed by atoms with van der Waals surface area (Å²) < 4.78 is 0. The van der Waals surface area contributed by atoms with Crippen molar-refractivity contribution in [2.24, 2.45) is 0 Å². The number of aliphatic hydroxyl groups excluding tert-OH is 1. The summed E-state index contributed by atoms with van der Waals surface area (Å²) in [5.74, 6) is 0. The van der Waals surface area contributed by atoms with E-state index in [1.807, 2.05) is 0 Å². The summed E-state index contributed by atoms with van der Waals surface area (Å²) in [5.41, 5.74) is 0. The normalized spacial score (nSPS) is 7.71. The van der Waals surface area contributed by atoms with Gasteiger partial charge in [-0.25, -0.2) is 0 Å². The van der Waals surface area contributed by atoms with Crippen LogP contribution in [0.25, 0.3) is 0 Å². The van der Waals surface area contributed by atoms with Gasteiger partial charge in [0.1, 0.15) is 0 Å². The fraction of sp³-hybridized carbons (Fsp3) is 1.00. The molecule has 0 spiro atoms. The molecule has 7 heavy (non-hydrogen) atoms. The summed E-state index contributed by atoms with van der Waals surface area (Å²) in [6.07, 6.45) is 3.33. The third-order valence-corrected chi connectivity index (χ3v) is 0.762. The molecule has 39 valence electrons. The molecule has 1 radical (unpaired) electrons. The standard InChI is InChI=1S/C5H12O.K/c1-2-3-4-5-6;/h6H,2-5H2,1H3;. The zero-order chi connectivity index (χ0) is 4.83. The molecule has 0 saturated carbocycles. The van der Waals surface area contributed by atoms with Crippen molar-refractivity contribution in [3.8, 4) is 0 Å². The summed E-state index contributed by atoms with van der Waals surface area (Å²) >= 11 is 0. The zero-order valence-corrected chi connectivity index (χ0v) is 8.40. The van der Waals surface area contributed by atoms with E-state index in [1.165, 1.54) is 6.42 Å². The largest absolute Gasteiger partial charge is 0.396 e. The van der Waals surface area contributed by atoms with E-state index in [9.17, 15) is 0 Å². The van der Waals surface area contributed by atoms with Crippen LogP contribution in [0.3, 0.4) is 0 Å². The van der Waals surface area contributed by atoms with Gasteiger partial charge in [-0.05, 0) is 6.42 Å². The Bertz CT molecular complexity index is 20.0. The van der Waals surface area contributed by atoms with Crippen LogP contribution in [-0.2, 0) is 0 Å². The second kappa shape index (κ2) is 10.6. The van der Waals surface area contributed by atoms with E-state index in [2.05, 4.69) is 6.92 Å². The molecule has 0 aliphatic heterocycles. The Kier molecular flexibility index (Phi) is 17.2. The van der Waals surface area contributed by atoms with Crippen LogP contribution in [0.2, 0.25) is 0 Å². The van der Waals surface area contributed by atoms with Gasteiger partial charge in [-0.1, -0.05) is 19.8 Å². The first-order valence-corrected chi connectivity index (χ1v) is 2.52. The average Bonchev–Trinajstić information content (AvgIpc) is 1.61. The van der Waals surface area contributed by atoms with Gasteiger partial charge >= 0.3 is 0 Å². The molecule has 0 aliphatic rings. The van der Waals surface area contributed by atoms with E-state index in [-0.39, 0.29) is 51.4 Å². The molecule has 2 heteroatoms. The molecule has 1 nitrogen and oxygen atoms in total. The average molecular weight is 127 g/mol. The minimum atomic E-state index is 0. The van der Waals surface area contributed by atoms with Gasteiger partial charge in [0.2, 0.25) is 0 Å². The van der Waals surface area contributed by atoms with Crippen molar-refractivity contribution in [3.05, 3.63) is 0 Å². The van der Waals surface area contributed by atoms with Crippen molar-refractivity contribution < 1.29 is 5.11 Å². The van der Waals surface area contributed by atoms with E-state index in [0.717, 1.165) is 12.8 Å². The van der Waals surface area contributed by atoms with Gasteiger partial charge in [-0.2, -0.15) is 0 Å². The Hall–Kier alpha value is 1.60. The van der Waals surface area contributed by atoms with Gasteiger partial charge in [0.15, 0.2) is 0 Å². The molecule has 0 bridgehead atoms. The van der Waals surface area contributed by atoms with Crippen molar-refractivity contribution in [1.82, 2.24) is 0 Å². The van der Waals surface area contributed by atoms with Crippen LogP contribution < -0.4 is 0 Å². The summed E-state index contributed by atoms with van der Waals surface area (Å²) in [4.78, 5) is 0. The quantitative estimate of drug-likeness (QED) is 0.439. The molecule has 0 fully saturated rings. The molecule has 0 rings (SSSR count). The van der Waals surface area contributed by atoms with Crippen molar-refractivity contribution in [2.45, 2.75) is 26.2 Å². The van der Waals surface area contributed by atoms with Gasteiger partial charge in [0, 0.05) is 58.0 Å². The van der Waals surface area contributed by atoms with Crippen LogP contribution in [0.1, 0.15) is 26.2 Å². The fourth-order valence-corrected chi connectivity index (χ4v) is 0.362. The van der Waals surface area contributed by atoms with Gasteiger partial charge in [0.25, 0.3) is 0 Å². The predicted molar refractivity (Wildman–Crippen MR) is 32.4 cm³/mol. The molecule has 0 aromatic rings. The molecular weight excluding hydrogens is 115 g/mol. The number of hydrogen-bond donors (Lipinski definition) is 1. The first kappa shape index (κ1) is 11.4. The molecule has 0 aliphatic carbocycles. The molecule has 0 unspecified atom stereocenters. The molecule has 0 atom stereocenters. The van der Waals surface area contributed by atoms with Crippen LogP contribution >= 0.6 is 0 Å². The molecule has 0 amide bonds. The zero-order valence-electron chi connectivity index (χ0n) is 5.28. The van der Waals surface area contributed by atoms with Gasteiger partial charge in [-0.15, -0.1) is 0 Å². The van der Waals surface area contributed by atoms with Gasteiger partial charge < -0.3 is 5.11 Å².